The summed E-state index contributed by atoms with van der Waals surface area (Å²) in [4.78, 5) is 10.9. The van der Waals surface area contributed by atoms with E-state index in [4.69, 9.17) is 0 Å². The molecule has 0 aliphatic heterocycles. The normalized spacial score (nSPS) is 25.5. The van der Waals surface area contributed by atoms with E-state index in [1.807, 2.05) is 0 Å². The first-order valence-electron chi connectivity index (χ1n) is 5.36. The van der Waals surface area contributed by atoms with E-state index in [9.17, 15) is 18.0 Å². The first kappa shape index (κ1) is 13.1. The summed E-state index contributed by atoms with van der Waals surface area (Å²) < 4.78 is 39.2. The zero-order valence-electron chi connectivity index (χ0n) is 9.14. The quantitative estimate of drug-likeness (QED) is 0.822. The summed E-state index contributed by atoms with van der Waals surface area (Å²) in [7, 11) is 0. The minimum atomic E-state index is -4.46. The van der Waals surface area contributed by atoms with E-state index < -0.39 is 18.9 Å². The number of carbonyl (C=O) groups is 1. The van der Waals surface area contributed by atoms with Gasteiger partial charge < -0.3 is 10.1 Å². The molecule has 0 aromatic heterocycles. The number of hydrogen-bond acceptors (Lipinski definition) is 2. The monoisotopic (exact) mass is 239 g/mol. The summed E-state index contributed by atoms with van der Waals surface area (Å²) in [6, 6.07) is 0. The molecule has 2 unspecified atom stereocenters. The number of hydrogen-bond donors (Lipinski definition) is 1. The summed E-state index contributed by atoms with van der Waals surface area (Å²) in [6.45, 7) is 0.956. The third kappa shape index (κ3) is 4.72. The first-order valence-corrected chi connectivity index (χ1v) is 5.36. The Morgan fingerprint density at radius 2 is 2.12 bits per heavy atom. The van der Waals surface area contributed by atoms with Gasteiger partial charge in [-0.1, -0.05) is 19.8 Å². The molecule has 6 heteroatoms. The highest BCUT2D eigenvalue weighted by molar-refractivity contribution is 5.67. The Morgan fingerprint density at radius 1 is 1.44 bits per heavy atom. The third-order valence-corrected chi connectivity index (χ3v) is 2.91. The van der Waals surface area contributed by atoms with Crippen LogP contribution in [0.1, 0.15) is 26.2 Å². The minimum Gasteiger partial charge on any atom is -0.440 e. The average Bonchev–Trinajstić information content (AvgIpc) is 2.57. The SMILES string of the molecule is CC1CCCC1CNC(=O)OCC(F)(F)F. The molecule has 1 fully saturated rings. The molecule has 1 aliphatic carbocycles. The second-order valence-electron chi connectivity index (χ2n) is 4.24. The van der Waals surface area contributed by atoms with E-state index >= 15 is 0 Å². The number of ether oxygens (including phenoxy) is 1. The molecule has 1 saturated carbocycles. The van der Waals surface area contributed by atoms with E-state index in [-0.39, 0.29) is 0 Å². The van der Waals surface area contributed by atoms with Crippen LogP contribution in [0.25, 0.3) is 0 Å². The van der Waals surface area contributed by atoms with Crippen molar-refractivity contribution < 1.29 is 22.7 Å². The molecule has 1 N–H and O–H groups in total. The van der Waals surface area contributed by atoms with Gasteiger partial charge in [-0.3, -0.25) is 0 Å². The lowest BCUT2D eigenvalue weighted by Crippen LogP contribution is -2.33. The summed E-state index contributed by atoms with van der Waals surface area (Å²) >= 11 is 0. The molecule has 1 amide bonds. The molecule has 0 aromatic rings. The van der Waals surface area contributed by atoms with Gasteiger partial charge in [0.1, 0.15) is 0 Å². The van der Waals surface area contributed by atoms with Gasteiger partial charge in [-0.2, -0.15) is 13.2 Å². The topological polar surface area (TPSA) is 38.3 Å². The van der Waals surface area contributed by atoms with Crippen LogP contribution in [0.2, 0.25) is 0 Å². The van der Waals surface area contributed by atoms with Gasteiger partial charge in [0, 0.05) is 6.54 Å². The van der Waals surface area contributed by atoms with Crippen LogP contribution < -0.4 is 5.32 Å². The van der Waals surface area contributed by atoms with Crippen molar-refractivity contribution in [3.63, 3.8) is 0 Å². The van der Waals surface area contributed by atoms with Gasteiger partial charge in [0.25, 0.3) is 0 Å². The van der Waals surface area contributed by atoms with Crippen molar-refractivity contribution in [1.29, 1.82) is 0 Å². The van der Waals surface area contributed by atoms with Gasteiger partial charge in [0.05, 0.1) is 0 Å². The third-order valence-electron chi connectivity index (χ3n) is 2.91. The van der Waals surface area contributed by atoms with Crippen molar-refractivity contribution in [3.05, 3.63) is 0 Å². The lowest BCUT2D eigenvalue weighted by atomic mass is 9.98. The lowest BCUT2D eigenvalue weighted by Gasteiger charge is -2.16. The fraction of sp³-hybridized carbons (Fsp3) is 0.900. The molecule has 3 nitrogen and oxygen atoms in total. The number of alkyl carbamates (subject to hydrolysis) is 1. The molecule has 0 bridgehead atoms. The van der Waals surface area contributed by atoms with E-state index in [0.717, 1.165) is 19.3 Å². The molecule has 1 rings (SSSR count). The predicted molar refractivity (Wildman–Crippen MR) is 51.9 cm³/mol. The van der Waals surface area contributed by atoms with E-state index in [1.165, 1.54) is 0 Å². The maximum absolute atomic E-state index is 11.7. The number of amides is 1. The zero-order chi connectivity index (χ0) is 12.2. The van der Waals surface area contributed by atoms with E-state index in [1.54, 1.807) is 0 Å². The highest BCUT2D eigenvalue weighted by Gasteiger charge is 2.30. The zero-order valence-corrected chi connectivity index (χ0v) is 9.14. The number of nitrogens with one attached hydrogen (secondary N) is 1. The predicted octanol–water partition coefficient (Wildman–Crippen LogP) is 2.71. The smallest absolute Gasteiger partial charge is 0.422 e. The van der Waals surface area contributed by atoms with Crippen LogP contribution in [0.5, 0.6) is 0 Å². The second-order valence-corrected chi connectivity index (χ2v) is 4.24. The highest BCUT2D eigenvalue weighted by Crippen LogP contribution is 2.30. The molecule has 0 radical (unpaired) electrons. The van der Waals surface area contributed by atoms with Crippen molar-refractivity contribution in [2.45, 2.75) is 32.4 Å². The first-order chi connectivity index (χ1) is 7.38. The van der Waals surface area contributed by atoms with E-state index in [2.05, 4.69) is 17.0 Å². The van der Waals surface area contributed by atoms with Crippen LogP contribution in [-0.2, 0) is 4.74 Å². The number of halogens is 3. The van der Waals surface area contributed by atoms with Crippen LogP contribution in [-0.4, -0.2) is 25.4 Å². The molecular formula is C10H16F3NO2. The Hall–Kier alpha value is -0.940. The van der Waals surface area contributed by atoms with Crippen molar-refractivity contribution in [3.8, 4) is 0 Å². The molecule has 0 heterocycles. The number of carbonyl (C=O) groups excluding carboxylic acids is 1. The Balaban J connectivity index is 2.15. The fourth-order valence-corrected chi connectivity index (χ4v) is 1.94. The van der Waals surface area contributed by atoms with Crippen LogP contribution in [0, 0.1) is 11.8 Å². The Morgan fingerprint density at radius 3 is 2.62 bits per heavy atom. The summed E-state index contributed by atoms with van der Waals surface area (Å²) in [5.41, 5.74) is 0. The molecule has 16 heavy (non-hydrogen) atoms. The van der Waals surface area contributed by atoms with Crippen LogP contribution in [0.3, 0.4) is 0 Å². The molecule has 1 aliphatic rings. The largest absolute Gasteiger partial charge is 0.440 e. The molecule has 2 atom stereocenters. The van der Waals surface area contributed by atoms with Crippen LogP contribution >= 0.6 is 0 Å². The maximum Gasteiger partial charge on any atom is 0.422 e. The molecule has 0 spiro atoms. The van der Waals surface area contributed by atoms with Gasteiger partial charge in [-0.25, -0.2) is 4.79 Å². The fourth-order valence-electron chi connectivity index (χ4n) is 1.94. The molecular weight excluding hydrogens is 223 g/mol. The van der Waals surface area contributed by atoms with Gasteiger partial charge in [-0.15, -0.1) is 0 Å². The van der Waals surface area contributed by atoms with Gasteiger partial charge >= 0.3 is 12.3 Å². The second kappa shape index (κ2) is 5.41. The average molecular weight is 239 g/mol. The van der Waals surface area contributed by atoms with Crippen molar-refractivity contribution in [2.75, 3.05) is 13.2 Å². The maximum atomic E-state index is 11.7. The van der Waals surface area contributed by atoms with Gasteiger partial charge in [-0.05, 0) is 18.3 Å². The summed E-state index contributed by atoms with van der Waals surface area (Å²) in [5, 5.41) is 2.37. The molecule has 0 saturated heterocycles. The van der Waals surface area contributed by atoms with Crippen LogP contribution in [0.4, 0.5) is 18.0 Å². The van der Waals surface area contributed by atoms with E-state index in [0.29, 0.717) is 18.4 Å². The van der Waals surface area contributed by atoms with Gasteiger partial charge in [0.15, 0.2) is 6.61 Å². The minimum absolute atomic E-state index is 0.360. The Kier molecular flexibility index (Phi) is 4.44. The summed E-state index contributed by atoms with van der Waals surface area (Å²) in [6.07, 6.45) is -2.20. The van der Waals surface area contributed by atoms with Crippen LogP contribution in [0.15, 0.2) is 0 Å². The number of rotatable bonds is 3. The highest BCUT2D eigenvalue weighted by atomic mass is 19.4. The van der Waals surface area contributed by atoms with Crippen molar-refractivity contribution in [1.82, 2.24) is 5.32 Å². The molecule has 0 aromatic carbocycles. The van der Waals surface area contributed by atoms with Crippen molar-refractivity contribution in [2.24, 2.45) is 11.8 Å². The van der Waals surface area contributed by atoms with Crippen molar-refractivity contribution >= 4 is 6.09 Å². The molecule has 94 valence electrons. The number of alkyl halides is 3. The summed E-state index contributed by atoms with van der Waals surface area (Å²) in [5.74, 6) is 0.876. The van der Waals surface area contributed by atoms with Gasteiger partial charge in [0.2, 0.25) is 0 Å². The Labute approximate surface area is 92.3 Å². The lowest BCUT2D eigenvalue weighted by molar-refractivity contribution is -0.160. The Bertz CT molecular complexity index is 243. The standard InChI is InChI=1S/C10H16F3NO2/c1-7-3-2-4-8(7)5-14-9(15)16-6-10(11,12)13/h7-8H,2-6H2,1H3,(H,14,15).